The van der Waals surface area contributed by atoms with Crippen LogP contribution in [0.5, 0.6) is 0 Å². The van der Waals surface area contributed by atoms with E-state index in [0.29, 0.717) is 29.6 Å². The lowest BCUT2D eigenvalue weighted by molar-refractivity contribution is 0.0965. The largest absolute Gasteiger partial charge is 0.289 e. The van der Waals surface area contributed by atoms with Gasteiger partial charge in [0.25, 0.3) is 0 Å². The van der Waals surface area contributed by atoms with Crippen LogP contribution < -0.4 is 0 Å². The average molecular weight is 241 g/mol. The molecule has 0 fully saturated rings. The van der Waals surface area contributed by atoms with E-state index < -0.39 is 0 Å². The molecule has 0 heterocycles. The molecule has 0 N–H and O–H groups in total. The summed E-state index contributed by atoms with van der Waals surface area (Å²) in [5, 5.41) is 2.86. The van der Waals surface area contributed by atoms with E-state index in [4.69, 9.17) is 0 Å². The molecular formula is C14H11NO3. The van der Waals surface area contributed by atoms with E-state index in [9.17, 15) is 14.5 Å². The number of carbonyl (C=O) groups excluding carboxylic acids is 2. The van der Waals surface area contributed by atoms with E-state index in [2.05, 4.69) is 5.18 Å². The Bertz CT molecular complexity index is 613. The zero-order valence-corrected chi connectivity index (χ0v) is 9.73. The van der Waals surface area contributed by atoms with Gasteiger partial charge in [-0.3, -0.25) is 9.59 Å². The van der Waals surface area contributed by atoms with Gasteiger partial charge in [-0.05, 0) is 36.9 Å². The number of hydrogen-bond acceptors (Lipinski definition) is 4. The summed E-state index contributed by atoms with van der Waals surface area (Å²) in [7, 11) is 0. The number of ketones is 2. The molecule has 0 atom stereocenters. The monoisotopic (exact) mass is 241 g/mol. The van der Waals surface area contributed by atoms with Gasteiger partial charge in [-0.15, -0.1) is 4.91 Å². The molecule has 4 nitrogen and oxygen atoms in total. The van der Waals surface area contributed by atoms with Crippen molar-refractivity contribution < 1.29 is 9.59 Å². The number of benzene rings is 1. The topological polar surface area (TPSA) is 63.6 Å². The molecule has 0 saturated carbocycles. The molecule has 0 spiro atoms. The fourth-order valence-corrected chi connectivity index (χ4v) is 2.76. The summed E-state index contributed by atoms with van der Waals surface area (Å²) in [5.74, 6) is -0.292. The van der Waals surface area contributed by atoms with Gasteiger partial charge in [-0.25, -0.2) is 0 Å². The molecule has 1 aromatic rings. The molecule has 3 rings (SSSR count). The lowest BCUT2D eigenvalue weighted by Gasteiger charge is -2.24. The number of rotatable bonds is 1. The van der Waals surface area contributed by atoms with Gasteiger partial charge < -0.3 is 0 Å². The van der Waals surface area contributed by atoms with Crippen molar-refractivity contribution >= 4 is 17.3 Å². The summed E-state index contributed by atoms with van der Waals surface area (Å²) in [4.78, 5) is 35.4. The number of hydrogen-bond donors (Lipinski definition) is 0. The summed E-state index contributed by atoms with van der Waals surface area (Å²) >= 11 is 0. The summed E-state index contributed by atoms with van der Waals surface area (Å²) in [6, 6.07) is 4.67. The number of fused-ring (bicyclic) bond motifs is 1. The van der Waals surface area contributed by atoms with Gasteiger partial charge in [0.15, 0.2) is 11.6 Å². The third-order valence-corrected chi connectivity index (χ3v) is 3.63. The highest BCUT2D eigenvalue weighted by Gasteiger charge is 2.34. The minimum Gasteiger partial charge on any atom is -0.289 e. The summed E-state index contributed by atoms with van der Waals surface area (Å²) < 4.78 is 0. The van der Waals surface area contributed by atoms with Crippen molar-refractivity contribution in [2.75, 3.05) is 0 Å². The molecule has 0 amide bonds. The van der Waals surface area contributed by atoms with Gasteiger partial charge in [-0.1, -0.05) is 12.1 Å². The molecule has 0 aromatic heterocycles. The van der Waals surface area contributed by atoms with E-state index >= 15 is 0 Å². The fourth-order valence-electron chi connectivity index (χ4n) is 2.76. The second-order valence-corrected chi connectivity index (χ2v) is 4.61. The lowest BCUT2D eigenvalue weighted by Crippen LogP contribution is -2.24. The van der Waals surface area contributed by atoms with Crippen molar-refractivity contribution in [3.63, 3.8) is 0 Å². The molecule has 0 unspecified atom stereocenters. The second kappa shape index (κ2) is 3.98. The highest BCUT2D eigenvalue weighted by Crippen LogP contribution is 2.38. The maximum Gasteiger partial charge on any atom is 0.192 e. The molecule has 0 saturated heterocycles. The fraction of sp³-hybridized carbons (Fsp3) is 0.286. The Labute approximate surface area is 104 Å². The third-order valence-electron chi connectivity index (χ3n) is 3.63. The zero-order chi connectivity index (χ0) is 12.7. The van der Waals surface area contributed by atoms with Crippen molar-refractivity contribution in [2.45, 2.75) is 25.7 Å². The van der Waals surface area contributed by atoms with Crippen molar-refractivity contribution in [1.82, 2.24) is 0 Å². The molecule has 2 aliphatic rings. The molecule has 4 heteroatoms. The van der Waals surface area contributed by atoms with Gasteiger partial charge in [0.2, 0.25) is 0 Å². The molecule has 1 aromatic carbocycles. The SMILES string of the molecule is O=Nc1cccc2c1C(=O)C1=C(CCCC1)C2=O. The molecule has 90 valence electrons. The van der Waals surface area contributed by atoms with Crippen LogP contribution >= 0.6 is 0 Å². The van der Waals surface area contributed by atoms with Crippen LogP contribution in [0.2, 0.25) is 0 Å². The van der Waals surface area contributed by atoms with Gasteiger partial charge in [-0.2, -0.15) is 0 Å². The maximum absolute atomic E-state index is 12.4. The van der Waals surface area contributed by atoms with E-state index in [1.165, 1.54) is 6.07 Å². The standard InChI is InChI=1S/C14H11NO3/c16-13-8-4-1-2-5-9(8)14(17)12-10(13)6-3-7-11(12)15-18/h3,6-7H,1-2,4-5H2. The summed E-state index contributed by atoms with van der Waals surface area (Å²) in [5.41, 5.74) is 1.83. The first-order chi connectivity index (χ1) is 8.74. The predicted octanol–water partition coefficient (Wildman–Crippen LogP) is 3.33. The first-order valence-electron chi connectivity index (χ1n) is 6.02. The molecular weight excluding hydrogens is 230 g/mol. The lowest BCUT2D eigenvalue weighted by atomic mass is 9.77. The first kappa shape index (κ1) is 11.0. The van der Waals surface area contributed by atoms with Crippen LogP contribution in [-0.4, -0.2) is 11.6 Å². The summed E-state index contributed by atoms with van der Waals surface area (Å²) in [6.45, 7) is 0. The van der Waals surface area contributed by atoms with Gasteiger partial charge in [0.05, 0.1) is 5.56 Å². The van der Waals surface area contributed by atoms with Crippen molar-refractivity contribution in [1.29, 1.82) is 0 Å². The van der Waals surface area contributed by atoms with Crippen LogP contribution in [0.25, 0.3) is 0 Å². The number of allylic oxidation sites excluding steroid dienone is 2. The van der Waals surface area contributed by atoms with Crippen molar-refractivity contribution in [3.05, 3.63) is 45.4 Å². The van der Waals surface area contributed by atoms with Gasteiger partial charge >= 0.3 is 0 Å². The van der Waals surface area contributed by atoms with Crippen molar-refractivity contribution in [3.8, 4) is 0 Å². The van der Waals surface area contributed by atoms with Crippen LogP contribution in [0.4, 0.5) is 5.69 Å². The van der Waals surface area contributed by atoms with Crippen molar-refractivity contribution in [2.24, 2.45) is 5.18 Å². The number of nitroso groups, excluding NO2 is 1. The van der Waals surface area contributed by atoms with Crippen LogP contribution in [0.15, 0.2) is 34.5 Å². The van der Waals surface area contributed by atoms with Gasteiger partial charge in [0.1, 0.15) is 5.69 Å². The Balaban J connectivity index is 2.27. The van der Waals surface area contributed by atoms with Crippen LogP contribution in [0.3, 0.4) is 0 Å². The Morgan fingerprint density at radius 1 is 0.944 bits per heavy atom. The number of nitrogens with zero attached hydrogens (tertiary/aromatic N) is 1. The quantitative estimate of drug-likeness (QED) is 0.708. The Kier molecular flexibility index (Phi) is 2.44. The zero-order valence-electron chi connectivity index (χ0n) is 9.73. The normalized spacial score (nSPS) is 18.4. The number of carbonyl (C=O) groups is 2. The molecule has 0 bridgehead atoms. The van der Waals surface area contributed by atoms with Crippen LogP contribution in [0.1, 0.15) is 46.4 Å². The van der Waals surface area contributed by atoms with Gasteiger partial charge in [0, 0.05) is 16.7 Å². The highest BCUT2D eigenvalue weighted by molar-refractivity contribution is 6.28. The molecule has 0 aliphatic heterocycles. The smallest absolute Gasteiger partial charge is 0.192 e. The third kappa shape index (κ3) is 1.38. The number of Topliss-reactive ketones (excluding diaryl/α,β-unsaturated/α-hetero) is 2. The Morgan fingerprint density at radius 3 is 2.28 bits per heavy atom. The molecule has 18 heavy (non-hydrogen) atoms. The Morgan fingerprint density at radius 2 is 1.61 bits per heavy atom. The van der Waals surface area contributed by atoms with E-state index in [-0.39, 0.29) is 22.8 Å². The second-order valence-electron chi connectivity index (χ2n) is 4.61. The van der Waals surface area contributed by atoms with Crippen LogP contribution in [-0.2, 0) is 0 Å². The maximum atomic E-state index is 12.4. The predicted molar refractivity (Wildman–Crippen MR) is 66.1 cm³/mol. The molecule has 0 radical (unpaired) electrons. The minimum absolute atomic E-state index is 0.0722. The average Bonchev–Trinajstić information content (AvgIpc) is 2.44. The van der Waals surface area contributed by atoms with E-state index in [0.717, 1.165) is 12.8 Å². The van der Waals surface area contributed by atoms with E-state index in [1.54, 1.807) is 12.1 Å². The first-order valence-corrected chi connectivity index (χ1v) is 6.02. The summed E-state index contributed by atoms with van der Waals surface area (Å²) in [6.07, 6.45) is 3.16. The highest BCUT2D eigenvalue weighted by atomic mass is 16.3. The van der Waals surface area contributed by atoms with E-state index in [1.807, 2.05) is 0 Å². The molecule has 2 aliphatic carbocycles. The Hall–Kier alpha value is -2.10. The van der Waals surface area contributed by atoms with Crippen LogP contribution in [0, 0.1) is 4.91 Å². The minimum atomic E-state index is -0.186.